The van der Waals surface area contributed by atoms with Crippen molar-refractivity contribution in [1.29, 1.82) is 0 Å². The van der Waals surface area contributed by atoms with E-state index < -0.39 is 11.9 Å². The monoisotopic (exact) mass is 387 g/mol. The summed E-state index contributed by atoms with van der Waals surface area (Å²) >= 11 is 0. The Kier molecular flexibility index (Phi) is 4.93. The zero-order chi connectivity index (χ0) is 20.5. The van der Waals surface area contributed by atoms with Gasteiger partial charge in [0.25, 0.3) is 5.91 Å². The Hall–Kier alpha value is -3.40. The number of halogens is 1. The zero-order valence-electron chi connectivity index (χ0n) is 16.4. The maximum absolute atomic E-state index is 13.5. The number of aryl methyl sites for hydroxylation is 2. The summed E-state index contributed by atoms with van der Waals surface area (Å²) in [5.41, 5.74) is 5.28. The van der Waals surface area contributed by atoms with E-state index in [2.05, 4.69) is 0 Å². The molecule has 3 aromatic carbocycles. The number of nitrogens with zero attached hydrogens (tertiary/aromatic N) is 1. The van der Waals surface area contributed by atoms with Crippen LogP contribution in [0.4, 0.5) is 4.39 Å². The van der Waals surface area contributed by atoms with Gasteiger partial charge in [0.2, 0.25) is 0 Å². The van der Waals surface area contributed by atoms with Gasteiger partial charge in [0.15, 0.2) is 5.76 Å². The van der Waals surface area contributed by atoms with Crippen LogP contribution in [0.2, 0.25) is 0 Å². The van der Waals surface area contributed by atoms with Crippen molar-refractivity contribution in [3.63, 3.8) is 0 Å². The number of amides is 1. The number of carbonyl (C=O) groups excluding carboxylic acids is 1. The van der Waals surface area contributed by atoms with Crippen molar-refractivity contribution >= 4 is 11.5 Å². The molecule has 0 bridgehead atoms. The number of hydrogen-bond donors (Lipinski definition) is 1. The lowest BCUT2D eigenvalue weighted by atomic mass is 9.93. The second-order valence-electron chi connectivity index (χ2n) is 7.50. The Labute approximate surface area is 169 Å². The summed E-state index contributed by atoms with van der Waals surface area (Å²) in [4.78, 5) is 14.7. The van der Waals surface area contributed by atoms with Gasteiger partial charge in [0, 0.05) is 12.1 Å². The van der Waals surface area contributed by atoms with E-state index in [0.29, 0.717) is 12.1 Å². The normalized spacial score (nSPS) is 16.6. The lowest BCUT2D eigenvalue weighted by Gasteiger charge is -2.27. The van der Waals surface area contributed by atoms with Gasteiger partial charge in [0.05, 0.1) is 6.04 Å². The topological polar surface area (TPSA) is 40.5 Å². The van der Waals surface area contributed by atoms with E-state index in [0.717, 1.165) is 27.8 Å². The molecule has 0 aromatic heterocycles. The van der Waals surface area contributed by atoms with Crippen molar-refractivity contribution in [1.82, 2.24) is 4.90 Å². The number of aliphatic hydroxyl groups is 1. The minimum atomic E-state index is -0.493. The highest BCUT2D eigenvalue weighted by atomic mass is 19.1. The van der Waals surface area contributed by atoms with Crippen LogP contribution in [0.15, 0.2) is 78.6 Å². The molecule has 1 amide bonds. The molecule has 1 N–H and O–H groups in total. The Morgan fingerprint density at radius 3 is 2.00 bits per heavy atom. The molecule has 3 nitrogen and oxygen atoms in total. The summed E-state index contributed by atoms with van der Waals surface area (Å²) < 4.78 is 13.5. The first kappa shape index (κ1) is 18.9. The lowest BCUT2D eigenvalue weighted by Crippen LogP contribution is -2.29. The molecule has 4 rings (SSSR count). The van der Waals surface area contributed by atoms with Gasteiger partial charge in [-0.15, -0.1) is 0 Å². The van der Waals surface area contributed by atoms with Crippen molar-refractivity contribution in [3.8, 4) is 0 Å². The predicted octanol–water partition coefficient (Wildman–Crippen LogP) is 5.50. The van der Waals surface area contributed by atoms with E-state index in [9.17, 15) is 14.3 Å². The summed E-state index contributed by atoms with van der Waals surface area (Å²) in [7, 11) is 0. The van der Waals surface area contributed by atoms with Gasteiger partial charge < -0.3 is 10.0 Å². The van der Waals surface area contributed by atoms with Gasteiger partial charge in [-0.25, -0.2) is 4.39 Å². The number of benzene rings is 3. The summed E-state index contributed by atoms with van der Waals surface area (Å²) in [6, 6.07) is 21.3. The number of carbonyl (C=O) groups is 1. The van der Waals surface area contributed by atoms with Crippen molar-refractivity contribution in [2.45, 2.75) is 26.4 Å². The number of hydrogen-bond acceptors (Lipinski definition) is 2. The maximum atomic E-state index is 13.5. The lowest BCUT2D eigenvalue weighted by molar-refractivity contribution is -0.130. The molecule has 0 aliphatic carbocycles. The van der Waals surface area contributed by atoms with E-state index in [4.69, 9.17) is 0 Å². The van der Waals surface area contributed by atoms with Gasteiger partial charge in [-0.3, -0.25) is 4.79 Å². The summed E-state index contributed by atoms with van der Waals surface area (Å²) in [5, 5.41) is 10.8. The SMILES string of the molecule is Cc1ccc(CN2C(=O)C(O)=C(c3ccc(C)cc3)C2c2ccc(F)cc2)cc1. The first-order chi connectivity index (χ1) is 13.9. The Balaban J connectivity index is 1.80. The molecule has 1 heterocycles. The van der Waals surface area contributed by atoms with E-state index in [-0.39, 0.29) is 11.6 Å². The molecule has 0 radical (unpaired) electrons. The van der Waals surface area contributed by atoms with Crippen molar-refractivity contribution in [3.05, 3.63) is 112 Å². The highest BCUT2D eigenvalue weighted by Crippen LogP contribution is 2.43. The van der Waals surface area contributed by atoms with Crippen molar-refractivity contribution in [2.24, 2.45) is 0 Å². The largest absolute Gasteiger partial charge is 0.503 e. The van der Waals surface area contributed by atoms with Gasteiger partial charge in [0.1, 0.15) is 5.82 Å². The Morgan fingerprint density at radius 1 is 0.862 bits per heavy atom. The molecule has 3 aromatic rings. The fraction of sp³-hybridized carbons (Fsp3) is 0.160. The smallest absolute Gasteiger partial charge is 0.290 e. The average Bonchev–Trinajstić information content (AvgIpc) is 2.96. The third-order valence-corrected chi connectivity index (χ3v) is 5.33. The molecule has 0 saturated heterocycles. The summed E-state index contributed by atoms with van der Waals surface area (Å²) in [5.74, 6) is -1.01. The first-order valence-electron chi connectivity index (χ1n) is 9.56. The average molecular weight is 387 g/mol. The van der Waals surface area contributed by atoms with Crippen LogP contribution in [0.25, 0.3) is 5.57 Å². The highest BCUT2D eigenvalue weighted by Gasteiger charge is 2.40. The Morgan fingerprint density at radius 2 is 1.41 bits per heavy atom. The first-order valence-corrected chi connectivity index (χ1v) is 9.56. The fourth-order valence-corrected chi connectivity index (χ4v) is 3.73. The zero-order valence-corrected chi connectivity index (χ0v) is 16.4. The van der Waals surface area contributed by atoms with Crippen LogP contribution in [-0.2, 0) is 11.3 Å². The molecule has 1 unspecified atom stereocenters. The molecule has 4 heteroatoms. The quantitative estimate of drug-likeness (QED) is 0.643. The number of rotatable bonds is 4. The molecule has 0 fully saturated rings. The minimum absolute atomic E-state index is 0.254. The van der Waals surface area contributed by atoms with Gasteiger partial charge in [-0.05, 0) is 42.7 Å². The van der Waals surface area contributed by atoms with Crippen LogP contribution in [-0.4, -0.2) is 15.9 Å². The van der Waals surface area contributed by atoms with Crippen LogP contribution < -0.4 is 0 Å². The van der Waals surface area contributed by atoms with Crippen molar-refractivity contribution in [2.75, 3.05) is 0 Å². The van der Waals surface area contributed by atoms with Gasteiger partial charge in [-0.1, -0.05) is 71.8 Å². The fourth-order valence-electron chi connectivity index (χ4n) is 3.73. The molecule has 146 valence electrons. The number of aliphatic hydroxyl groups excluding tert-OH is 1. The third-order valence-electron chi connectivity index (χ3n) is 5.33. The maximum Gasteiger partial charge on any atom is 0.290 e. The molecule has 29 heavy (non-hydrogen) atoms. The third kappa shape index (κ3) is 3.66. The molecule has 0 saturated carbocycles. The van der Waals surface area contributed by atoms with E-state index in [1.54, 1.807) is 17.0 Å². The van der Waals surface area contributed by atoms with Crippen LogP contribution >= 0.6 is 0 Å². The van der Waals surface area contributed by atoms with E-state index in [1.807, 2.05) is 62.4 Å². The van der Waals surface area contributed by atoms with Crippen LogP contribution in [0.1, 0.15) is 33.9 Å². The van der Waals surface area contributed by atoms with Crippen LogP contribution in [0, 0.1) is 19.7 Å². The standard InChI is InChI=1S/C25H22FNO2/c1-16-3-7-18(8-4-16)15-27-23(20-11-13-21(26)14-12-20)22(24(28)25(27)29)19-9-5-17(2)6-10-19/h3-14,23,28H,15H2,1-2H3. The van der Waals surface area contributed by atoms with Gasteiger partial charge >= 0.3 is 0 Å². The molecule has 1 aliphatic heterocycles. The van der Waals surface area contributed by atoms with Crippen LogP contribution in [0.5, 0.6) is 0 Å². The second kappa shape index (κ2) is 7.55. The summed E-state index contributed by atoms with van der Waals surface area (Å²) in [6.07, 6.45) is 0. The van der Waals surface area contributed by atoms with Crippen LogP contribution in [0.3, 0.4) is 0 Å². The predicted molar refractivity (Wildman–Crippen MR) is 112 cm³/mol. The van der Waals surface area contributed by atoms with E-state index in [1.165, 1.54) is 12.1 Å². The molecule has 0 spiro atoms. The molecular formula is C25H22FNO2. The van der Waals surface area contributed by atoms with Gasteiger partial charge in [-0.2, -0.15) is 0 Å². The van der Waals surface area contributed by atoms with E-state index >= 15 is 0 Å². The molecule has 1 atom stereocenters. The second-order valence-corrected chi connectivity index (χ2v) is 7.50. The summed E-state index contributed by atoms with van der Waals surface area (Å²) in [6.45, 7) is 4.34. The minimum Gasteiger partial charge on any atom is -0.503 e. The highest BCUT2D eigenvalue weighted by molar-refractivity contribution is 6.05. The Bertz CT molecular complexity index is 1070. The molecular weight excluding hydrogens is 365 g/mol. The molecule has 1 aliphatic rings. The van der Waals surface area contributed by atoms with Crippen molar-refractivity contribution < 1.29 is 14.3 Å².